The van der Waals surface area contributed by atoms with Crippen molar-refractivity contribution in [3.63, 3.8) is 0 Å². The fourth-order valence-electron chi connectivity index (χ4n) is 3.74. The lowest BCUT2D eigenvalue weighted by Crippen LogP contribution is -2.05. The molecule has 2 aromatic carbocycles. The summed E-state index contributed by atoms with van der Waals surface area (Å²) in [6.07, 6.45) is 4.49. The Balaban J connectivity index is 1.70. The largest absolute Gasteiger partial charge is 0.481 e. The molecule has 2 aromatic heterocycles. The van der Waals surface area contributed by atoms with E-state index >= 15 is 0 Å². The maximum atomic E-state index is 14.9. The highest BCUT2D eigenvalue weighted by Gasteiger charge is 2.16. The Morgan fingerprint density at radius 3 is 2.63 bits per heavy atom. The summed E-state index contributed by atoms with van der Waals surface area (Å²) in [4.78, 5) is 15.1. The van der Waals surface area contributed by atoms with Gasteiger partial charge in [0.1, 0.15) is 5.58 Å². The van der Waals surface area contributed by atoms with Crippen molar-refractivity contribution in [3.8, 4) is 11.1 Å². The van der Waals surface area contributed by atoms with E-state index in [1.54, 1.807) is 18.5 Å². The number of furan rings is 1. The molecule has 5 nitrogen and oxygen atoms in total. The number of aromatic nitrogens is 1. The fourth-order valence-corrected chi connectivity index (χ4v) is 3.74. The highest BCUT2D eigenvalue weighted by Crippen LogP contribution is 2.33. The molecule has 152 valence electrons. The number of aliphatic carboxylic acids is 1. The smallest absolute Gasteiger partial charge is 0.307 e. The number of carboxylic acid groups (broad SMARTS) is 1. The van der Waals surface area contributed by atoms with Gasteiger partial charge in [-0.1, -0.05) is 24.3 Å². The first-order valence-electron chi connectivity index (χ1n) is 9.69. The predicted octanol–water partition coefficient (Wildman–Crippen LogP) is 4.50. The van der Waals surface area contributed by atoms with E-state index in [-0.39, 0.29) is 18.7 Å². The minimum absolute atomic E-state index is 0.00766. The Kier molecular flexibility index (Phi) is 5.59. The van der Waals surface area contributed by atoms with Gasteiger partial charge in [0.25, 0.3) is 0 Å². The summed E-state index contributed by atoms with van der Waals surface area (Å²) < 4.78 is 20.5. The van der Waals surface area contributed by atoms with Crippen LogP contribution in [0.5, 0.6) is 0 Å². The first-order valence-corrected chi connectivity index (χ1v) is 9.69. The topological polar surface area (TPSA) is 89.3 Å². The SMILES string of the molecule is NCc1nccc(-c2cc(CCc3ccccc3CC(=O)O)cc3ccoc23)c1F. The summed E-state index contributed by atoms with van der Waals surface area (Å²) in [6, 6.07) is 15.0. The second-order valence-corrected chi connectivity index (χ2v) is 7.14. The summed E-state index contributed by atoms with van der Waals surface area (Å²) in [5.74, 6) is -1.30. The van der Waals surface area contributed by atoms with Crippen molar-refractivity contribution in [3.05, 3.63) is 89.2 Å². The number of benzene rings is 2. The van der Waals surface area contributed by atoms with Crippen LogP contribution in [0.25, 0.3) is 22.1 Å². The van der Waals surface area contributed by atoms with Crippen molar-refractivity contribution < 1.29 is 18.7 Å². The third-order valence-electron chi connectivity index (χ3n) is 5.20. The highest BCUT2D eigenvalue weighted by atomic mass is 19.1. The summed E-state index contributed by atoms with van der Waals surface area (Å²) in [7, 11) is 0. The lowest BCUT2D eigenvalue weighted by atomic mass is 9.95. The zero-order valence-electron chi connectivity index (χ0n) is 16.3. The van der Waals surface area contributed by atoms with E-state index in [0.717, 1.165) is 22.1 Å². The molecule has 0 saturated heterocycles. The molecule has 0 amide bonds. The number of rotatable bonds is 7. The fraction of sp³-hybridized carbons (Fsp3) is 0.167. The number of hydrogen-bond donors (Lipinski definition) is 2. The quantitative estimate of drug-likeness (QED) is 0.473. The summed E-state index contributed by atoms with van der Waals surface area (Å²) in [5.41, 5.74) is 10.3. The van der Waals surface area contributed by atoms with E-state index in [1.807, 2.05) is 42.5 Å². The minimum atomic E-state index is -0.853. The van der Waals surface area contributed by atoms with Crippen LogP contribution in [0, 0.1) is 5.82 Å². The van der Waals surface area contributed by atoms with Gasteiger partial charge in [0.15, 0.2) is 5.82 Å². The number of aryl methyl sites for hydroxylation is 2. The van der Waals surface area contributed by atoms with Gasteiger partial charge in [-0.2, -0.15) is 0 Å². The monoisotopic (exact) mass is 404 g/mol. The molecule has 0 spiro atoms. The Hall–Kier alpha value is -3.51. The average Bonchev–Trinajstić information content (AvgIpc) is 3.21. The molecule has 3 N–H and O–H groups in total. The number of fused-ring (bicyclic) bond motifs is 1. The second kappa shape index (κ2) is 8.47. The molecular formula is C24H21FN2O3. The normalized spacial score (nSPS) is 11.1. The van der Waals surface area contributed by atoms with E-state index in [4.69, 9.17) is 15.3 Å². The lowest BCUT2D eigenvalue weighted by molar-refractivity contribution is -0.136. The van der Waals surface area contributed by atoms with Gasteiger partial charge >= 0.3 is 5.97 Å². The number of nitrogens with two attached hydrogens (primary N) is 1. The van der Waals surface area contributed by atoms with Crippen LogP contribution in [0.4, 0.5) is 4.39 Å². The Morgan fingerprint density at radius 2 is 1.87 bits per heavy atom. The number of halogens is 1. The lowest BCUT2D eigenvalue weighted by Gasteiger charge is -2.11. The molecular weight excluding hydrogens is 383 g/mol. The summed E-state index contributed by atoms with van der Waals surface area (Å²) in [6.45, 7) is 0.0149. The van der Waals surface area contributed by atoms with Crippen LogP contribution in [0.3, 0.4) is 0 Å². The van der Waals surface area contributed by atoms with Gasteiger partial charge in [-0.3, -0.25) is 9.78 Å². The van der Waals surface area contributed by atoms with E-state index < -0.39 is 11.8 Å². The maximum Gasteiger partial charge on any atom is 0.307 e. The second-order valence-electron chi connectivity index (χ2n) is 7.14. The molecule has 0 fully saturated rings. The first-order chi connectivity index (χ1) is 14.6. The molecule has 0 aliphatic carbocycles. The van der Waals surface area contributed by atoms with E-state index in [0.29, 0.717) is 29.6 Å². The Labute approximate surface area is 173 Å². The zero-order chi connectivity index (χ0) is 21.1. The molecule has 4 rings (SSSR count). The molecule has 0 bridgehead atoms. The molecule has 0 atom stereocenters. The van der Waals surface area contributed by atoms with Crippen molar-refractivity contribution in [2.75, 3.05) is 0 Å². The molecule has 2 heterocycles. The molecule has 4 aromatic rings. The van der Waals surface area contributed by atoms with Crippen LogP contribution < -0.4 is 5.73 Å². The van der Waals surface area contributed by atoms with Gasteiger partial charge in [0, 0.05) is 29.3 Å². The van der Waals surface area contributed by atoms with Gasteiger partial charge < -0.3 is 15.3 Å². The first kappa shape index (κ1) is 19.8. The standard InChI is InChI=1S/C24H21FN2O3/c25-23-19(7-9-27-21(23)14-26)20-12-15(11-18-8-10-30-24(18)20)5-6-16-3-1-2-4-17(16)13-22(28)29/h1-4,7-12H,5-6,13-14,26H2,(H,28,29). The molecule has 0 radical (unpaired) electrons. The minimum Gasteiger partial charge on any atom is -0.481 e. The molecule has 0 unspecified atom stereocenters. The van der Waals surface area contributed by atoms with Gasteiger partial charge in [-0.25, -0.2) is 4.39 Å². The summed E-state index contributed by atoms with van der Waals surface area (Å²) >= 11 is 0. The number of carboxylic acids is 1. The number of nitrogens with zero attached hydrogens (tertiary/aromatic N) is 1. The molecule has 0 saturated carbocycles. The molecule has 0 aliphatic heterocycles. The molecule has 6 heteroatoms. The van der Waals surface area contributed by atoms with Crippen LogP contribution in [0.2, 0.25) is 0 Å². The van der Waals surface area contributed by atoms with Gasteiger partial charge in [-0.05, 0) is 53.8 Å². The van der Waals surface area contributed by atoms with Crippen LogP contribution in [0.15, 0.2) is 65.4 Å². The molecule has 0 aliphatic rings. The maximum absolute atomic E-state index is 14.9. The van der Waals surface area contributed by atoms with E-state index in [2.05, 4.69) is 4.98 Å². The Morgan fingerprint density at radius 1 is 1.07 bits per heavy atom. The van der Waals surface area contributed by atoms with Crippen LogP contribution in [0.1, 0.15) is 22.4 Å². The highest BCUT2D eigenvalue weighted by molar-refractivity contribution is 5.93. The van der Waals surface area contributed by atoms with Gasteiger partial charge in [0.05, 0.1) is 18.4 Å². The summed E-state index contributed by atoms with van der Waals surface area (Å²) in [5, 5.41) is 10.0. The number of pyridine rings is 1. The van der Waals surface area contributed by atoms with E-state index in [9.17, 15) is 9.18 Å². The van der Waals surface area contributed by atoms with Crippen molar-refractivity contribution in [1.29, 1.82) is 0 Å². The van der Waals surface area contributed by atoms with Crippen LogP contribution >= 0.6 is 0 Å². The number of hydrogen-bond acceptors (Lipinski definition) is 4. The third kappa shape index (κ3) is 3.95. The average molecular weight is 404 g/mol. The van der Waals surface area contributed by atoms with Crippen molar-refractivity contribution >= 4 is 16.9 Å². The van der Waals surface area contributed by atoms with Crippen LogP contribution in [-0.4, -0.2) is 16.1 Å². The van der Waals surface area contributed by atoms with E-state index in [1.165, 1.54) is 0 Å². The Bertz CT molecular complexity index is 1220. The van der Waals surface area contributed by atoms with Gasteiger partial charge in [-0.15, -0.1) is 0 Å². The number of carbonyl (C=O) groups is 1. The van der Waals surface area contributed by atoms with Crippen LogP contribution in [-0.2, 0) is 30.6 Å². The molecule has 30 heavy (non-hydrogen) atoms. The zero-order valence-corrected chi connectivity index (χ0v) is 16.3. The van der Waals surface area contributed by atoms with Crippen molar-refractivity contribution in [2.45, 2.75) is 25.8 Å². The predicted molar refractivity (Wildman–Crippen MR) is 112 cm³/mol. The van der Waals surface area contributed by atoms with Crippen molar-refractivity contribution in [1.82, 2.24) is 4.98 Å². The third-order valence-corrected chi connectivity index (χ3v) is 5.20. The van der Waals surface area contributed by atoms with Crippen molar-refractivity contribution in [2.24, 2.45) is 5.73 Å². The van der Waals surface area contributed by atoms with Gasteiger partial charge in [0.2, 0.25) is 0 Å².